The molecule has 282 valence electrons. The summed E-state index contributed by atoms with van der Waals surface area (Å²) in [5.41, 5.74) is 9.70. The first-order chi connectivity index (χ1) is 29.7. The first-order valence-corrected chi connectivity index (χ1v) is 20.9. The van der Waals surface area contributed by atoms with E-state index in [1.165, 1.54) is 98.0 Å². The number of nitrogens with one attached hydrogen (secondary N) is 2. The molecule has 2 unspecified atom stereocenters. The van der Waals surface area contributed by atoms with Crippen LogP contribution in [-0.4, -0.2) is 0 Å². The molecule has 0 saturated carbocycles. The fourth-order valence-electron chi connectivity index (χ4n) is 9.86. The van der Waals surface area contributed by atoms with Crippen molar-refractivity contribution >= 4 is 70.3 Å². The van der Waals surface area contributed by atoms with Crippen LogP contribution in [0.2, 0.25) is 0 Å². The Morgan fingerprint density at radius 1 is 0.317 bits per heavy atom. The molecule has 0 aromatic heterocycles. The lowest BCUT2D eigenvalue weighted by atomic mass is 9.84. The summed E-state index contributed by atoms with van der Waals surface area (Å²) in [6, 6.07) is 77.9. The summed E-state index contributed by atoms with van der Waals surface area (Å²) in [6.45, 7) is 0. The molecular weight excluding hydrogens is 725 g/mol. The Labute approximate surface area is 349 Å². The number of benzene rings is 11. The van der Waals surface area contributed by atoms with Crippen molar-refractivity contribution in [3.8, 4) is 22.3 Å². The van der Waals surface area contributed by atoms with Crippen LogP contribution in [0.15, 0.2) is 218 Å². The predicted molar refractivity (Wildman–Crippen MR) is 255 cm³/mol. The minimum atomic E-state index is -0.0701. The first-order valence-electron chi connectivity index (χ1n) is 20.9. The maximum Gasteiger partial charge on any atom is 0.104 e. The summed E-state index contributed by atoms with van der Waals surface area (Å²) in [5.74, 6) is 0. The minimum Gasteiger partial charge on any atom is -0.366 e. The minimum absolute atomic E-state index is 0.00684. The van der Waals surface area contributed by atoms with Crippen LogP contribution in [-0.2, 0) is 0 Å². The van der Waals surface area contributed by atoms with E-state index >= 15 is 0 Å². The monoisotopic (exact) mass is 764 g/mol. The number of rotatable bonds is 5. The van der Waals surface area contributed by atoms with Gasteiger partial charge in [-0.3, -0.25) is 5.32 Å². The maximum atomic E-state index is 3.94. The summed E-state index contributed by atoms with van der Waals surface area (Å²) in [5, 5.41) is 23.1. The van der Waals surface area contributed by atoms with Gasteiger partial charge in [0.1, 0.15) is 6.17 Å². The zero-order chi connectivity index (χ0) is 39.6. The summed E-state index contributed by atoms with van der Waals surface area (Å²) in [6.07, 6.45) is 2.29. The van der Waals surface area contributed by atoms with Gasteiger partial charge in [0.2, 0.25) is 0 Å². The van der Waals surface area contributed by atoms with E-state index in [9.17, 15) is 0 Å². The summed E-state index contributed by atoms with van der Waals surface area (Å²) < 4.78 is 0. The molecule has 12 rings (SSSR count). The van der Waals surface area contributed by atoms with Crippen molar-refractivity contribution in [2.75, 3.05) is 0 Å². The zero-order valence-corrected chi connectivity index (χ0v) is 32.9. The smallest absolute Gasteiger partial charge is 0.104 e. The van der Waals surface area contributed by atoms with E-state index < -0.39 is 0 Å². The molecule has 0 fully saturated rings. The van der Waals surface area contributed by atoms with Gasteiger partial charge in [-0.25, -0.2) is 0 Å². The van der Waals surface area contributed by atoms with Crippen LogP contribution in [0.25, 0.3) is 92.6 Å². The van der Waals surface area contributed by atoms with Crippen LogP contribution in [0.3, 0.4) is 0 Å². The number of fused-ring (bicyclic) bond motifs is 9. The van der Waals surface area contributed by atoms with Crippen molar-refractivity contribution in [2.24, 2.45) is 0 Å². The summed E-state index contributed by atoms with van der Waals surface area (Å²) >= 11 is 0. The van der Waals surface area contributed by atoms with Crippen molar-refractivity contribution in [2.45, 2.75) is 12.2 Å². The van der Waals surface area contributed by atoms with Gasteiger partial charge in [-0.05, 0) is 116 Å². The van der Waals surface area contributed by atoms with Gasteiger partial charge in [0.05, 0.1) is 6.04 Å². The Morgan fingerprint density at radius 3 is 1.57 bits per heavy atom. The highest BCUT2D eigenvalue weighted by atomic mass is 15.2. The third kappa shape index (κ3) is 5.68. The molecule has 11 aromatic rings. The Bertz CT molecular complexity index is 3480. The van der Waals surface area contributed by atoms with Gasteiger partial charge in [0.15, 0.2) is 0 Å². The highest BCUT2D eigenvalue weighted by Gasteiger charge is 2.25. The molecule has 0 amide bonds. The van der Waals surface area contributed by atoms with Crippen molar-refractivity contribution in [1.29, 1.82) is 0 Å². The molecule has 1 aliphatic heterocycles. The number of hydrogen-bond donors (Lipinski definition) is 2. The van der Waals surface area contributed by atoms with Gasteiger partial charge in [-0.15, -0.1) is 0 Å². The van der Waals surface area contributed by atoms with Crippen molar-refractivity contribution < 1.29 is 0 Å². The van der Waals surface area contributed by atoms with Gasteiger partial charge in [0.25, 0.3) is 0 Å². The van der Waals surface area contributed by atoms with Crippen LogP contribution in [0.4, 0.5) is 0 Å². The molecule has 60 heavy (non-hydrogen) atoms. The topological polar surface area (TPSA) is 24.1 Å². The summed E-state index contributed by atoms with van der Waals surface area (Å²) in [7, 11) is 0. The summed E-state index contributed by atoms with van der Waals surface area (Å²) in [4.78, 5) is 0. The molecule has 0 saturated heterocycles. The SMILES string of the molecule is C1=C(c2ccc(-c3c4ccccc4c(-c4ccccc4)c4ccc5ccccc5c34)cc2)NC(c2ccccc2)NC1c1ccc2c(ccc3c4ccccc4ccc23)c1. The van der Waals surface area contributed by atoms with E-state index in [4.69, 9.17) is 0 Å². The third-order valence-corrected chi connectivity index (χ3v) is 12.7. The Balaban J connectivity index is 0.991. The van der Waals surface area contributed by atoms with E-state index in [1.54, 1.807) is 0 Å². The molecular formula is C58H40N2. The Kier molecular flexibility index (Phi) is 8.11. The van der Waals surface area contributed by atoms with Crippen LogP contribution in [0, 0.1) is 0 Å². The van der Waals surface area contributed by atoms with E-state index in [1.807, 2.05) is 0 Å². The predicted octanol–water partition coefficient (Wildman–Crippen LogP) is 14.9. The third-order valence-electron chi connectivity index (χ3n) is 12.7. The molecule has 0 spiro atoms. The van der Waals surface area contributed by atoms with E-state index in [-0.39, 0.29) is 12.2 Å². The molecule has 1 heterocycles. The van der Waals surface area contributed by atoms with Crippen LogP contribution in [0.5, 0.6) is 0 Å². The molecule has 11 aromatic carbocycles. The normalized spacial score (nSPS) is 15.5. The van der Waals surface area contributed by atoms with Crippen molar-refractivity contribution in [1.82, 2.24) is 10.6 Å². The zero-order valence-electron chi connectivity index (χ0n) is 32.9. The largest absolute Gasteiger partial charge is 0.366 e. The second-order valence-corrected chi connectivity index (χ2v) is 16.1. The highest BCUT2D eigenvalue weighted by molar-refractivity contribution is 6.28. The second kappa shape index (κ2) is 14.1. The highest BCUT2D eigenvalue weighted by Crippen LogP contribution is 2.46. The van der Waals surface area contributed by atoms with Crippen molar-refractivity contribution in [3.05, 3.63) is 235 Å². The standard InChI is InChI=1S/C58H40N2/c1-3-15-40(16-4-1)55-50-21-11-12-22-51(50)56(57-47-20-10-8-14-38(47)28-34-52(55)57)41-25-23-39(24-26-41)53-36-54(60-58(59-53)42-17-5-2-6-18-42)44-30-31-46-43(35-44)29-33-48-45-19-9-7-13-37(45)27-32-49(46)48/h1-36,54,58-60H. The molecule has 0 radical (unpaired) electrons. The van der Waals surface area contributed by atoms with Crippen LogP contribution >= 0.6 is 0 Å². The molecule has 2 heteroatoms. The quantitative estimate of drug-likeness (QED) is 0.135. The average Bonchev–Trinajstić information content (AvgIpc) is 3.33. The fraction of sp³-hybridized carbons (Fsp3) is 0.0345. The van der Waals surface area contributed by atoms with Crippen molar-refractivity contribution in [3.63, 3.8) is 0 Å². The molecule has 0 aliphatic carbocycles. The Morgan fingerprint density at radius 2 is 0.833 bits per heavy atom. The first kappa shape index (κ1) is 34.5. The van der Waals surface area contributed by atoms with Gasteiger partial charge in [-0.2, -0.15) is 0 Å². The van der Waals surface area contributed by atoms with Gasteiger partial charge in [0, 0.05) is 5.70 Å². The lowest BCUT2D eigenvalue weighted by Crippen LogP contribution is -2.39. The van der Waals surface area contributed by atoms with E-state index in [2.05, 4.69) is 229 Å². The van der Waals surface area contributed by atoms with Gasteiger partial charge in [-0.1, -0.05) is 206 Å². The molecule has 2 N–H and O–H groups in total. The van der Waals surface area contributed by atoms with Gasteiger partial charge < -0.3 is 5.32 Å². The van der Waals surface area contributed by atoms with Crippen LogP contribution < -0.4 is 10.6 Å². The average molecular weight is 765 g/mol. The molecule has 2 nitrogen and oxygen atoms in total. The maximum absolute atomic E-state index is 3.94. The lowest BCUT2D eigenvalue weighted by molar-refractivity contribution is 0.443. The van der Waals surface area contributed by atoms with Crippen LogP contribution in [0.1, 0.15) is 28.9 Å². The lowest BCUT2D eigenvalue weighted by Gasteiger charge is -2.33. The Hall–Kier alpha value is -7.52. The molecule has 0 bridgehead atoms. The van der Waals surface area contributed by atoms with E-state index in [0.29, 0.717) is 0 Å². The fourth-order valence-corrected chi connectivity index (χ4v) is 9.86. The van der Waals surface area contributed by atoms with Gasteiger partial charge >= 0.3 is 0 Å². The second-order valence-electron chi connectivity index (χ2n) is 16.1. The molecule has 1 aliphatic rings. The molecule has 2 atom stereocenters. The van der Waals surface area contributed by atoms with E-state index in [0.717, 1.165) is 11.3 Å². The number of hydrogen-bond acceptors (Lipinski definition) is 2.